The van der Waals surface area contributed by atoms with Gasteiger partial charge < -0.3 is 9.84 Å². The number of benzene rings is 1. The van der Waals surface area contributed by atoms with E-state index in [1.165, 1.54) is 0 Å². The Labute approximate surface area is 108 Å². The lowest BCUT2D eigenvalue weighted by molar-refractivity contribution is -0.00509. The first kappa shape index (κ1) is 14.5. The number of hydrogen-bond donors (Lipinski definition) is 1. The molecule has 1 atom stereocenters. The highest BCUT2D eigenvalue weighted by atomic mass is 16.5. The van der Waals surface area contributed by atoms with E-state index < -0.39 is 5.97 Å². The molecule has 0 radical (unpaired) electrons. The maximum absolute atomic E-state index is 10.8. The first-order chi connectivity index (χ1) is 8.36. The van der Waals surface area contributed by atoms with Crippen molar-refractivity contribution in [1.29, 1.82) is 0 Å². The third kappa shape index (κ3) is 3.70. The van der Waals surface area contributed by atoms with Crippen LogP contribution < -0.4 is 0 Å². The van der Waals surface area contributed by atoms with E-state index in [1.54, 1.807) is 18.2 Å². The summed E-state index contributed by atoms with van der Waals surface area (Å²) in [6, 6.07) is 6.83. The molecule has 0 aliphatic carbocycles. The summed E-state index contributed by atoms with van der Waals surface area (Å²) in [4.78, 5) is 10.8. The van der Waals surface area contributed by atoms with Gasteiger partial charge in [0.2, 0.25) is 0 Å². The maximum atomic E-state index is 10.8. The van der Waals surface area contributed by atoms with E-state index in [2.05, 4.69) is 27.4 Å². The van der Waals surface area contributed by atoms with Crippen molar-refractivity contribution in [3.05, 3.63) is 48.0 Å². The van der Waals surface area contributed by atoms with E-state index in [1.807, 2.05) is 12.1 Å². The molecule has 0 aliphatic rings. The first-order valence-electron chi connectivity index (χ1n) is 5.92. The normalized spacial score (nSPS) is 13.1. The Morgan fingerprint density at radius 1 is 1.39 bits per heavy atom. The van der Waals surface area contributed by atoms with Crippen LogP contribution in [0.5, 0.6) is 0 Å². The predicted octanol–water partition coefficient (Wildman–Crippen LogP) is 3.67. The minimum absolute atomic E-state index is 0.0618. The molecule has 0 heterocycles. The highest BCUT2D eigenvalue weighted by Crippen LogP contribution is 2.36. The van der Waals surface area contributed by atoms with Crippen molar-refractivity contribution in [2.45, 2.75) is 26.9 Å². The highest BCUT2D eigenvalue weighted by molar-refractivity contribution is 5.87. The number of carbonyl (C=O) groups is 1. The molecule has 98 valence electrons. The van der Waals surface area contributed by atoms with Crippen molar-refractivity contribution in [3.63, 3.8) is 0 Å². The summed E-state index contributed by atoms with van der Waals surface area (Å²) >= 11 is 0. The van der Waals surface area contributed by atoms with E-state index in [9.17, 15) is 4.79 Å². The first-order valence-corrected chi connectivity index (χ1v) is 5.92. The Balaban J connectivity index is 2.98. The summed E-state index contributed by atoms with van der Waals surface area (Å²) in [6.07, 6.45) is 1.63. The van der Waals surface area contributed by atoms with Gasteiger partial charge in [0.1, 0.15) is 0 Å². The van der Waals surface area contributed by atoms with Gasteiger partial charge in [-0.15, -0.1) is 6.58 Å². The molecule has 0 spiro atoms. The molecule has 3 nitrogen and oxygen atoms in total. The van der Waals surface area contributed by atoms with Gasteiger partial charge in [-0.05, 0) is 23.1 Å². The molecule has 0 aromatic heterocycles. The Bertz CT molecular complexity index is 412. The summed E-state index contributed by atoms with van der Waals surface area (Å²) in [7, 11) is 0. The SMILES string of the molecule is C=CCO[C@@H](c1ccc(C(=O)O)cc1)C(C)(C)C. The minimum Gasteiger partial charge on any atom is -0.478 e. The van der Waals surface area contributed by atoms with Crippen LogP contribution in [0.1, 0.15) is 42.8 Å². The molecule has 0 bridgehead atoms. The molecule has 0 saturated carbocycles. The average molecular weight is 248 g/mol. The minimum atomic E-state index is -0.916. The second-order valence-corrected chi connectivity index (χ2v) is 5.30. The van der Waals surface area contributed by atoms with Crippen LogP contribution in [-0.2, 0) is 4.74 Å². The molecule has 1 N–H and O–H groups in total. The molecule has 1 aromatic carbocycles. The van der Waals surface area contributed by atoms with Crippen molar-refractivity contribution >= 4 is 5.97 Å². The van der Waals surface area contributed by atoms with Crippen LogP contribution in [0.25, 0.3) is 0 Å². The molecule has 1 rings (SSSR count). The van der Waals surface area contributed by atoms with Gasteiger partial charge >= 0.3 is 5.97 Å². The lowest BCUT2D eigenvalue weighted by Gasteiger charge is -2.30. The number of carboxylic acid groups (broad SMARTS) is 1. The van der Waals surface area contributed by atoms with Gasteiger partial charge in [-0.1, -0.05) is 39.0 Å². The van der Waals surface area contributed by atoms with Crippen LogP contribution in [-0.4, -0.2) is 17.7 Å². The zero-order valence-corrected chi connectivity index (χ0v) is 11.1. The van der Waals surface area contributed by atoms with Crippen molar-refractivity contribution in [2.24, 2.45) is 5.41 Å². The molecule has 0 saturated heterocycles. The topological polar surface area (TPSA) is 46.5 Å². The number of carboxylic acids is 1. The van der Waals surface area contributed by atoms with E-state index in [0.29, 0.717) is 6.61 Å². The van der Waals surface area contributed by atoms with Crippen LogP contribution in [0.2, 0.25) is 0 Å². The monoisotopic (exact) mass is 248 g/mol. The number of aromatic carboxylic acids is 1. The lowest BCUT2D eigenvalue weighted by atomic mass is 9.84. The van der Waals surface area contributed by atoms with Gasteiger partial charge in [0.15, 0.2) is 0 Å². The summed E-state index contributed by atoms with van der Waals surface area (Å²) in [6.45, 7) is 10.4. The molecule has 1 aromatic rings. The van der Waals surface area contributed by atoms with Gasteiger partial charge in [-0.2, -0.15) is 0 Å². The standard InChI is InChI=1S/C15H20O3/c1-5-10-18-13(15(2,3)4)11-6-8-12(9-7-11)14(16)17/h5-9,13H,1,10H2,2-4H3,(H,16,17)/t13-/m0/s1. The zero-order chi connectivity index (χ0) is 13.8. The summed E-state index contributed by atoms with van der Waals surface area (Å²) < 4.78 is 5.78. The van der Waals surface area contributed by atoms with Crippen LogP contribution in [0, 0.1) is 5.41 Å². The second-order valence-electron chi connectivity index (χ2n) is 5.30. The Morgan fingerprint density at radius 2 is 1.94 bits per heavy atom. The molecule has 0 amide bonds. The molecular formula is C15H20O3. The molecule has 3 heteroatoms. The summed E-state index contributed by atoms with van der Waals surface area (Å²) in [5.74, 6) is -0.916. The summed E-state index contributed by atoms with van der Waals surface area (Å²) in [5.41, 5.74) is 1.21. The van der Waals surface area contributed by atoms with Crippen LogP contribution in [0.15, 0.2) is 36.9 Å². The van der Waals surface area contributed by atoms with Crippen molar-refractivity contribution < 1.29 is 14.6 Å². The Morgan fingerprint density at radius 3 is 2.33 bits per heavy atom. The maximum Gasteiger partial charge on any atom is 0.335 e. The fourth-order valence-corrected chi connectivity index (χ4v) is 1.81. The Kier molecular flexibility index (Phi) is 4.68. The highest BCUT2D eigenvalue weighted by Gasteiger charge is 2.26. The fourth-order valence-electron chi connectivity index (χ4n) is 1.81. The van der Waals surface area contributed by atoms with Gasteiger partial charge in [-0.3, -0.25) is 0 Å². The molecule has 0 fully saturated rings. The van der Waals surface area contributed by atoms with Crippen molar-refractivity contribution in [2.75, 3.05) is 6.61 Å². The van der Waals surface area contributed by atoms with Crippen LogP contribution in [0.3, 0.4) is 0 Å². The number of rotatable bonds is 5. The van der Waals surface area contributed by atoms with Gasteiger partial charge in [0.25, 0.3) is 0 Å². The van der Waals surface area contributed by atoms with Gasteiger partial charge in [-0.25, -0.2) is 4.79 Å². The van der Waals surface area contributed by atoms with Crippen LogP contribution >= 0.6 is 0 Å². The van der Waals surface area contributed by atoms with Crippen LogP contribution in [0.4, 0.5) is 0 Å². The molecular weight excluding hydrogens is 228 g/mol. The third-order valence-corrected chi connectivity index (χ3v) is 2.63. The molecule has 0 aliphatic heterocycles. The smallest absolute Gasteiger partial charge is 0.335 e. The van der Waals surface area contributed by atoms with E-state index in [4.69, 9.17) is 9.84 Å². The molecule has 0 unspecified atom stereocenters. The summed E-state index contributed by atoms with van der Waals surface area (Å²) in [5, 5.41) is 8.87. The van der Waals surface area contributed by atoms with Crippen molar-refractivity contribution in [3.8, 4) is 0 Å². The van der Waals surface area contributed by atoms with Gasteiger partial charge in [0.05, 0.1) is 18.3 Å². The average Bonchev–Trinajstić information content (AvgIpc) is 2.28. The number of ether oxygens (including phenoxy) is 1. The second kappa shape index (κ2) is 5.83. The quantitative estimate of drug-likeness (QED) is 0.809. The van der Waals surface area contributed by atoms with E-state index >= 15 is 0 Å². The molecule has 18 heavy (non-hydrogen) atoms. The van der Waals surface area contributed by atoms with E-state index in [0.717, 1.165) is 5.56 Å². The Hall–Kier alpha value is -1.61. The van der Waals surface area contributed by atoms with Gasteiger partial charge in [0, 0.05) is 0 Å². The van der Waals surface area contributed by atoms with E-state index in [-0.39, 0.29) is 17.1 Å². The number of hydrogen-bond acceptors (Lipinski definition) is 2. The zero-order valence-electron chi connectivity index (χ0n) is 11.1. The fraction of sp³-hybridized carbons (Fsp3) is 0.400. The third-order valence-electron chi connectivity index (χ3n) is 2.63. The largest absolute Gasteiger partial charge is 0.478 e. The lowest BCUT2D eigenvalue weighted by Crippen LogP contribution is -2.21. The van der Waals surface area contributed by atoms with Crippen molar-refractivity contribution in [1.82, 2.24) is 0 Å². The predicted molar refractivity (Wildman–Crippen MR) is 71.7 cm³/mol.